The molecule has 2 rings (SSSR count). The van der Waals surface area contributed by atoms with Crippen LogP contribution in [-0.2, 0) is 12.3 Å². The highest BCUT2D eigenvalue weighted by Crippen LogP contribution is 2.17. The Balaban J connectivity index is 1.98. The Labute approximate surface area is 116 Å². The van der Waals surface area contributed by atoms with Gasteiger partial charge in [-0.15, -0.1) is 0 Å². The van der Waals surface area contributed by atoms with Crippen LogP contribution in [0.25, 0.3) is 0 Å². The van der Waals surface area contributed by atoms with Crippen LogP contribution in [0.5, 0.6) is 0 Å². The molecule has 0 N–H and O–H groups in total. The predicted molar refractivity (Wildman–Crippen MR) is 73.4 cm³/mol. The van der Waals surface area contributed by atoms with Gasteiger partial charge in [0.25, 0.3) is 0 Å². The Morgan fingerprint density at radius 3 is 3.00 bits per heavy atom. The summed E-state index contributed by atoms with van der Waals surface area (Å²) in [5.41, 5.74) is 0.973. The van der Waals surface area contributed by atoms with Crippen molar-refractivity contribution in [1.82, 2.24) is 25.0 Å². The highest BCUT2D eigenvalue weighted by Gasteiger charge is 2.16. The second-order valence-electron chi connectivity index (χ2n) is 4.26. The van der Waals surface area contributed by atoms with Crippen LogP contribution in [0.1, 0.15) is 30.4 Å². The fourth-order valence-electron chi connectivity index (χ4n) is 1.67. The van der Waals surface area contributed by atoms with Gasteiger partial charge in [0, 0.05) is 12.2 Å². The van der Waals surface area contributed by atoms with Crippen LogP contribution in [0.4, 0.5) is 0 Å². The van der Waals surface area contributed by atoms with Gasteiger partial charge >= 0.3 is 0 Å². The summed E-state index contributed by atoms with van der Waals surface area (Å²) in [6.45, 7) is 2.69. The molecule has 0 bridgehead atoms. The van der Waals surface area contributed by atoms with Gasteiger partial charge in [0.15, 0.2) is 5.82 Å². The molecule has 6 nitrogen and oxygen atoms in total. The minimum atomic E-state index is 0.166. The minimum Gasteiger partial charge on any atom is -0.338 e. The van der Waals surface area contributed by atoms with Crippen LogP contribution in [0.3, 0.4) is 0 Å². The van der Waals surface area contributed by atoms with Gasteiger partial charge in [-0.2, -0.15) is 16.7 Å². The van der Waals surface area contributed by atoms with E-state index in [4.69, 9.17) is 4.52 Å². The van der Waals surface area contributed by atoms with Gasteiger partial charge in [-0.05, 0) is 26.3 Å². The van der Waals surface area contributed by atoms with Crippen LogP contribution >= 0.6 is 11.8 Å². The van der Waals surface area contributed by atoms with E-state index >= 15 is 0 Å². The second-order valence-corrected chi connectivity index (χ2v) is 5.13. The first-order chi connectivity index (χ1) is 9.20. The zero-order valence-corrected chi connectivity index (χ0v) is 12.1. The molecule has 0 radical (unpaired) electrons. The summed E-state index contributed by atoms with van der Waals surface area (Å²) < 4.78 is 5.23. The van der Waals surface area contributed by atoms with E-state index in [1.165, 1.54) is 0 Å². The number of rotatable bonds is 6. The lowest BCUT2D eigenvalue weighted by Crippen LogP contribution is -2.22. The molecular formula is C12H17N5OS. The zero-order valence-electron chi connectivity index (χ0n) is 11.3. The number of hydrogen-bond acceptors (Lipinski definition) is 7. The number of hydrogen-bond donors (Lipinski definition) is 0. The monoisotopic (exact) mass is 279 g/mol. The Hall–Kier alpha value is -1.47. The first-order valence-electron chi connectivity index (χ1n) is 5.97. The third kappa shape index (κ3) is 3.74. The van der Waals surface area contributed by atoms with Crippen molar-refractivity contribution in [2.24, 2.45) is 0 Å². The van der Waals surface area contributed by atoms with Crippen molar-refractivity contribution in [3.05, 3.63) is 36.0 Å². The summed E-state index contributed by atoms with van der Waals surface area (Å²) in [6, 6.07) is 2.08. The Morgan fingerprint density at radius 2 is 2.32 bits per heavy atom. The van der Waals surface area contributed by atoms with E-state index in [1.807, 2.05) is 19.4 Å². The molecule has 102 valence electrons. The molecule has 2 aromatic rings. The maximum atomic E-state index is 5.23. The molecular weight excluding hydrogens is 262 g/mol. The Bertz CT molecular complexity index is 504. The SMILES string of the molecule is CSCc1noc(CN(C)[C@H](C)c2ccncn2)n1. The summed E-state index contributed by atoms with van der Waals surface area (Å²) in [5, 5.41) is 3.93. The third-order valence-electron chi connectivity index (χ3n) is 2.86. The first kappa shape index (κ1) is 14.0. The van der Waals surface area contributed by atoms with Crippen molar-refractivity contribution >= 4 is 11.8 Å². The summed E-state index contributed by atoms with van der Waals surface area (Å²) in [7, 11) is 2.01. The van der Waals surface area contributed by atoms with Gasteiger partial charge in [-0.1, -0.05) is 5.16 Å². The van der Waals surface area contributed by atoms with E-state index in [2.05, 4.69) is 31.9 Å². The predicted octanol–water partition coefficient (Wildman–Crippen LogP) is 1.92. The van der Waals surface area contributed by atoms with Crippen molar-refractivity contribution < 1.29 is 4.52 Å². The van der Waals surface area contributed by atoms with Crippen LogP contribution in [0.15, 0.2) is 23.1 Å². The Kier molecular flexibility index (Phi) is 4.86. The van der Waals surface area contributed by atoms with E-state index in [0.29, 0.717) is 12.4 Å². The molecule has 2 heterocycles. The molecule has 0 fully saturated rings. The van der Waals surface area contributed by atoms with E-state index in [9.17, 15) is 0 Å². The lowest BCUT2D eigenvalue weighted by atomic mass is 10.2. The molecule has 0 amide bonds. The topological polar surface area (TPSA) is 67.9 Å². The van der Waals surface area contributed by atoms with Crippen molar-refractivity contribution in [3.8, 4) is 0 Å². The minimum absolute atomic E-state index is 0.166. The smallest absolute Gasteiger partial charge is 0.240 e. The normalized spacial score (nSPS) is 12.8. The summed E-state index contributed by atoms with van der Waals surface area (Å²) in [5.74, 6) is 2.15. The van der Waals surface area contributed by atoms with Gasteiger partial charge in [0.05, 0.1) is 18.0 Å². The van der Waals surface area contributed by atoms with E-state index in [1.54, 1.807) is 24.3 Å². The molecule has 2 aromatic heterocycles. The Morgan fingerprint density at radius 1 is 1.47 bits per heavy atom. The van der Waals surface area contributed by atoms with Gasteiger partial charge < -0.3 is 4.52 Å². The van der Waals surface area contributed by atoms with Crippen LogP contribution in [-0.4, -0.2) is 38.3 Å². The van der Waals surface area contributed by atoms with Gasteiger partial charge in [0.2, 0.25) is 5.89 Å². The van der Waals surface area contributed by atoms with Crippen molar-refractivity contribution in [2.75, 3.05) is 13.3 Å². The highest BCUT2D eigenvalue weighted by atomic mass is 32.2. The lowest BCUT2D eigenvalue weighted by Gasteiger charge is -2.22. The molecule has 0 aliphatic carbocycles. The van der Waals surface area contributed by atoms with Crippen molar-refractivity contribution in [1.29, 1.82) is 0 Å². The number of aromatic nitrogens is 4. The quantitative estimate of drug-likeness (QED) is 0.800. The number of thioether (sulfide) groups is 1. The molecule has 0 aromatic carbocycles. The molecule has 0 saturated carbocycles. The van der Waals surface area contributed by atoms with E-state index < -0.39 is 0 Å². The maximum absolute atomic E-state index is 5.23. The second kappa shape index (κ2) is 6.63. The summed E-state index contributed by atoms with van der Waals surface area (Å²) in [4.78, 5) is 14.6. The summed E-state index contributed by atoms with van der Waals surface area (Å²) >= 11 is 1.67. The van der Waals surface area contributed by atoms with Crippen LogP contribution in [0, 0.1) is 0 Å². The van der Waals surface area contributed by atoms with Gasteiger partial charge in [-0.3, -0.25) is 4.90 Å². The molecule has 19 heavy (non-hydrogen) atoms. The first-order valence-corrected chi connectivity index (χ1v) is 7.36. The maximum Gasteiger partial charge on any atom is 0.240 e. The van der Waals surface area contributed by atoms with Crippen molar-refractivity contribution in [3.63, 3.8) is 0 Å². The molecule has 7 heteroatoms. The van der Waals surface area contributed by atoms with E-state index in [0.717, 1.165) is 17.3 Å². The summed E-state index contributed by atoms with van der Waals surface area (Å²) in [6.07, 6.45) is 5.32. The zero-order chi connectivity index (χ0) is 13.7. The van der Waals surface area contributed by atoms with Crippen LogP contribution < -0.4 is 0 Å². The molecule has 0 unspecified atom stereocenters. The fraction of sp³-hybridized carbons (Fsp3) is 0.500. The highest BCUT2D eigenvalue weighted by molar-refractivity contribution is 7.97. The molecule has 0 saturated heterocycles. The van der Waals surface area contributed by atoms with Crippen LogP contribution in [0.2, 0.25) is 0 Å². The fourth-order valence-corrected chi connectivity index (χ4v) is 2.04. The third-order valence-corrected chi connectivity index (χ3v) is 3.41. The van der Waals surface area contributed by atoms with Crippen molar-refractivity contribution in [2.45, 2.75) is 25.3 Å². The van der Waals surface area contributed by atoms with Gasteiger partial charge in [-0.25, -0.2) is 9.97 Å². The largest absolute Gasteiger partial charge is 0.338 e. The molecule has 0 spiro atoms. The van der Waals surface area contributed by atoms with E-state index in [-0.39, 0.29) is 6.04 Å². The number of nitrogens with zero attached hydrogens (tertiary/aromatic N) is 5. The molecule has 1 atom stereocenters. The average molecular weight is 279 g/mol. The van der Waals surface area contributed by atoms with Gasteiger partial charge in [0.1, 0.15) is 6.33 Å². The molecule has 0 aliphatic heterocycles. The standard InChI is InChI=1S/C12H17N5OS/c1-9(10-4-5-13-8-14-10)17(2)6-12-15-11(7-19-3)16-18-12/h4-5,8-9H,6-7H2,1-3H3/t9-/m1/s1. The molecule has 0 aliphatic rings. The lowest BCUT2D eigenvalue weighted by molar-refractivity contribution is 0.213. The average Bonchev–Trinajstić information content (AvgIpc) is 2.86.